The Morgan fingerprint density at radius 2 is 1.82 bits per heavy atom. The second-order valence-corrected chi connectivity index (χ2v) is 8.16. The summed E-state index contributed by atoms with van der Waals surface area (Å²) in [4.78, 5) is 15.2. The normalized spacial score (nSPS) is 21.2. The number of halogens is 1. The third-order valence-corrected chi connectivity index (χ3v) is 6.16. The van der Waals surface area contributed by atoms with E-state index in [0.717, 1.165) is 23.4 Å². The first-order valence-corrected chi connectivity index (χ1v) is 10.3. The van der Waals surface area contributed by atoms with Gasteiger partial charge in [-0.1, -0.05) is 43.0 Å². The lowest BCUT2D eigenvalue weighted by molar-refractivity contribution is 0.0394. The summed E-state index contributed by atoms with van der Waals surface area (Å²) >= 11 is 5.95. The lowest BCUT2D eigenvalue weighted by atomic mass is 9.93. The molecule has 0 saturated heterocycles. The van der Waals surface area contributed by atoms with E-state index >= 15 is 0 Å². The summed E-state index contributed by atoms with van der Waals surface area (Å²) in [5.74, 6) is 1.75. The van der Waals surface area contributed by atoms with Crippen molar-refractivity contribution >= 4 is 23.5 Å². The molecule has 5 rings (SSSR count). The van der Waals surface area contributed by atoms with Gasteiger partial charge in [0, 0.05) is 17.6 Å². The molecular formula is C23H22ClNO3. The quantitative estimate of drug-likeness (QED) is 0.634. The lowest BCUT2D eigenvalue weighted by Gasteiger charge is -2.37. The van der Waals surface area contributed by atoms with E-state index in [2.05, 4.69) is 4.90 Å². The van der Waals surface area contributed by atoms with Gasteiger partial charge in [-0.2, -0.15) is 0 Å². The lowest BCUT2D eigenvalue weighted by Crippen LogP contribution is -2.41. The molecule has 0 unspecified atom stereocenters. The predicted molar refractivity (Wildman–Crippen MR) is 109 cm³/mol. The van der Waals surface area contributed by atoms with E-state index in [4.69, 9.17) is 21.1 Å². The molecule has 0 radical (unpaired) electrons. The van der Waals surface area contributed by atoms with Crippen LogP contribution in [0.1, 0.15) is 53.6 Å². The highest BCUT2D eigenvalue weighted by Crippen LogP contribution is 2.43. The highest BCUT2D eigenvalue weighted by atomic mass is 35.5. The Kier molecular flexibility index (Phi) is 4.61. The van der Waals surface area contributed by atoms with E-state index in [1.165, 1.54) is 32.1 Å². The Balaban J connectivity index is 1.44. The molecule has 1 fully saturated rings. The molecule has 1 saturated carbocycles. The third kappa shape index (κ3) is 3.21. The average molecular weight is 396 g/mol. The van der Waals surface area contributed by atoms with Gasteiger partial charge >= 0.3 is 0 Å². The van der Waals surface area contributed by atoms with Gasteiger partial charge in [0.15, 0.2) is 5.76 Å². The number of carbonyl (C=O) groups excluding carboxylic acids is 1. The van der Waals surface area contributed by atoms with E-state index in [0.29, 0.717) is 34.9 Å². The number of ketones is 1. The Hall–Kier alpha value is -2.30. The smallest absolute Gasteiger partial charge is 0.231 e. The van der Waals surface area contributed by atoms with E-state index in [-0.39, 0.29) is 5.78 Å². The van der Waals surface area contributed by atoms with Crippen LogP contribution in [0.25, 0.3) is 6.08 Å². The maximum atomic E-state index is 12.9. The van der Waals surface area contributed by atoms with Crippen LogP contribution in [-0.2, 0) is 6.54 Å². The third-order valence-electron chi connectivity index (χ3n) is 5.90. The van der Waals surface area contributed by atoms with Gasteiger partial charge in [0.1, 0.15) is 18.2 Å². The maximum Gasteiger partial charge on any atom is 0.231 e. The van der Waals surface area contributed by atoms with Gasteiger partial charge in [-0.05, 0) is 48.7 Å². The molecule has 0 bridgehead atoms. The second-order valence-electron chi connectivity index (χ2n) is 7.72. The van der Waals surface area contributed by atoms with E-state index < -0.39 is 0 Å². The fourth-order valence-electron chi connectivity index (χ4n) is 4.37. The van der Waals surface area contributed by atoms with Crippen LogP contribution in [0, 0.1) is 0 Å². The van der Waals surface area contributed by atoms with E-state index in [9.17, 15) is 4.79 Å². The van der Waals surface area contributed by atoms with Crippen molar-refractivity contribution in [1.82, 2.24) is 4.90 Å². The summed E-state index contributed by atoms with van der Waals surface area (Å²) < 4.78 is 12.1. The van der Waals surface area contributed by atoms with Crippen molar-refractivity contribution in [2.45, 2.75) is 44.7 Å². The van der Waals surface area contributed by atoms with E-state index in [1.807, 2.05) is 24.3 Å². The van der Waals surface area contributed by atoms with Crippen molar-refractivity contribution in [2.24, 2.45) is 0 Å². The van der Waals surface area contributed by atoms with Crippen LogP contribution in [-0.4, -0.2) is 23.5 Å². The first kappa shape index (κ1) is 17.8. The summed E-state index contributed by atoms with van der Waals surface area (Å²) in [7, 11) is 0. The minimum atomic E-state index is -0.0810. The fraction of sp³-hybridized carbons (Fsp3) is 0.348. The molecular weight excluding hydrogens is 374 g/mol. The number of fused-ring (bicyclic) bond motifs is 3. The minimum absolute atomic E-state index is 0.0810. The van der Waals surface area contributed by atoms with Crippen LogP contribution >= 0.6 is 11.6 Å². The summed E-state index contributed by atoms with van der Waals surface area (Å²) in [6.07, 6.45) is 8.10. The Morgan fingerprint density at radius 3 is 2.61 bits per heavy atom. The average Bonchev–Trinajstić information content (AvgIpc) is 3.06. The van der Waals surface area contributed by atoms with Gasteiger partial charge in [-0.25, -0.2) is 0 Å². The van der Waals surface area contributed by atoms with Gasteiger partial charge < -0.3 is 9.47 Å². The molecule has 0 N–H and O–H groups in total. The summed E-state index contributed by atoms with van der Waals surface area (Å²) in [5, 5.41) is 0.665. The molecule has 0 atom stereocenters. The van der Waals surface area contributed by atoms with Crippen LogP contribution in [0.3, 0.4) is 0 Å². The molecule has 2 aliphatic heterocycles. The largest absolute Gasteiger partial charge is 0.478 e. The van der Waals surface area contributed by atoms with Crippen LogP contribution in [0.5, 0.6) is 11.5 Å². The molecule has 0 spiro atoms. The number of allylic oxidation sites excluding steroid dienone is 1. The molecule has 1 aliphatic carbocycles. The highest BCUT2D eigenvalue weighted by molar-refractivity contribution is 6.30. The van der Waals surface area contributed by atoms with Crippen LogP contribution in [0.15, 0.2) is 42.2 Å². The molecule has 28 heavy (non-hydrogen) atoms. The number of carbonyl (C=O) groups is 1. The molecule has 2 heterocycles. The Morgan fingerprint density at radius 1 is 1.04 bits per heavy atom. The summed E-state index contributed by atoms with van der Waals surface area (Å²) in [6, 6.07) is 11.6. The van der Waals surface area contributed by atoms with Gasteiger partial charge in [-0.15, -0.1) is 0 Å². The number of ether oxygens (including phenoxy) is 2. The van der Waals surface area contributed by atoms with Crippen LogP contribution in [0.2, 0.25) is 5.02 Å². The molecule has 0 aromatic heterocycles. The van der Waals surface area contributed by atoms with Gasteiger partial charge in [-0.3, -0.25) is 9.69 Å². The van der Waals surface area contributed by atoms with Crippen LogP contribution < -0.4 is 9.47 Å². The SMILES string of the molecule is O=C1/C(=C/c2ccc(Cl)cc2)Oc2c1ccc1c2CN(C2CCCCC2)CO1. The van der Waals surface area contributed by atoms with E-state index in [1.54, 1.807) is 18.2 Å². The van der Waals surface area contributed by atoms with Crippen molar-refractivity contribution < 1.29 is 14.3 Å². The zero-order chi connectivity index (χ0) is 19.1. The van der Waals surface area contributed by atoms with Crippen molar-refractivity contribution in [2.75, 3.05) is 6.73 Å². The number of hydrogen-bond acceptors (Lipinski definition) is 4. The first-order chi connectivity index (χ1) is 13.7. The number of nitrogens with zero attached hydrogens (tertiary/aromatic N) is 1. The second kappa shape index (κ2) is 7.26. The number of rotatable bonds is 2. The van der Waals surface area contributed by atoms with Crippen molar-refractivity contribution in [3.05, 3.63) is 63.9 Å². The molecule has 5 heteroatoms. The molecule has 4 nitrogen and oxygen atoms in total. The van der Waals surface area contributed by atoms with Gasteiger partial charge in [0.25, 0.3) is 0 Å². The fourth-order valence-corrected chi connectivity index (χ4v) is 4.49. The van der Waals surface area contributed by atoms with Gasteiger partial charge in [0.2, 0.25) is 5.78 Å². The van der Waals surface area contributed by atoms with Crippen molar-refractivity contribution in [3.63, 3.8) is 0 Å². The Bertz CT molecular complexity index is 945. The number of Topliss-reactive ketones (excluding diaryl/α,β-unsaturated/α-hetero) is 1. The zero-order valence-corrected chi connectivity index (χ0v) is 16.4. The molecule has 0 amide bonds. The topological polar surface area (TPSA) is 38.8 Å². The minimum Gasteiger partial charge on any atom is -0.478 e. The monoisotopic (exact) mass is 395 g/mol. The molecule has 144 valence electrons. The van der Waals surface area contributed by atoms with Gasteiger partial charge in [0.05, 0.1) is 11.1 Å². The number of benzene rings is 2. The molecule has 2 aromatic rings. The summed E-state index contributed by atoms with van der Waals surface area (Å²) in [5.41, 5.74) is 2.49. The van der Waals surface area contributed by atoms with Crippen molar-refractivity contribution in [1.29, 1.82) is 0 Å². The molecule has 3 aliphatic rings. The molecule has 2 aromatic carbocycles. The maximum absolute atomic E-state index is 12.9. The standard InChI is InChI=1S/C23H22ClNO3/c24-16-8-6-15(7-9-16)12-21-22(26)18-10-11-20-19(23(18)28-21)13-25(14-27-20)17-4-2-1-3-5-17/h6-12,17H,1-5,13-14H2/b21-12-. The zero-order valence-electron chi connectivity index (χ0n) is 15.6. The van der Waals surface area contributed by atoms with Crippen LogP contribution in [0.4, 0.5) is 0 Å². The van der Waals surface area contributed by atoms with Crippen molar-refractivity contribution in [3.8, 4) is 11.5 Å². The first-order valence-electron chi connectivity index (χ1n) is 9.91. The summed E-state index contributed by atoms with van der Waals surface area (Å²) in [6.45, 7) is 1.38. The number of hydrogen-bond donors (Lipinski definition) is 0. The highest BCUT2D eigenvalue weighted by Gasteiger charge is 2.35. The predicted octanol–water partition coefficient (Wildman–Crippen LogP) is 5.44. The Labute approximate surface area is 169 Å².